The third-order valence-corrected chi connectivity index (χ3v) is 1.59. The van der Waals surface area contributed by atoms with Gasteiger partial charge in [-0.05, 0) is 0 Å². The van der Waals surface area contributed by atoms with Gasteiger partial charge in [-0.25, -0.2) is 4.39 Å². The van der Waals surface area contributed by atoms with Gasteiger partial charge < -0.3 is 9.47 Å². The Hall–Kier alpha value is -1.76. The normalized spacial score (nSPS) is 9.08. The summed E-state index contributed by atoms with van der Waals surface area (Å²) in [7, 11) is 2.79. The second kappa shape index (κ2) is 3.76. The average Bonchev–Trinajstić information content (AvgIpc) is 2.16. The largest absolute Gasteiger partial charge is 0.497 e. The zero-order chi connectivity index (χ0) is 9.84. The van der Waals surface area contributed by atoms with Crippen LogP contribution in [0.25, 0.3) is 0 Å². The van der Waals surface area contributed by atoms with E-state index < -0.39 is 5.82 Å². The van der Waals surface area contributed by atoms with Gasteiger partial charge in [0.25, 0.3) is 0 Å². The molecule has 0 saturated carbocycles. The average molecular weight is 181 g/mol. The van der Waals surface area contributed by atoms with Gasteiger partial charge in [-0.1, -0.05) is 0 Å². The zero-order valence-corrected chi connectivity index (χ0v) is 7.30. The van der Waals surface area contributed by atoms with Gasteiger partial charge in [0.15, 0.2) is 0 Å². The van der Waals surface area contributed by atoms with Crippen molar-refractivity contribution in [3.63, 3.8) is 0 Å². The van der Waals surface area contributed by atoms with Gasteiger partial charge in [0.2, 0.25) is 0 Å². The molecule has 1 aromatic carbocycles. The van der Waals surface area contributed by atoms with E-state index in [1.54, 1.807) is 6.07 Å². The minimum atomic E-state index is -0.640. The predicted molar refractivity (Wildman–Crippen MR) is 44.2 cm³/mol. The maximum atomic E-state index is 13.1. The lowest BCUT2D eigenvalue weighted by molar-refractivity contribution is 0.387. The molecule has 0 aromatic heterocycles. The zero-order valence-electron chi connectivity index (χ0n) is 7.30. The second-order valence-electron chi connectivity index (χ2n) is 2.30. The molecule has 0 aliphatic rings. The number of rotatable bonds is 2. The first-order valence-electron chi connectivity index (χ1n) is 3.54. The second-order valence-corrected chi connectivity index (χ2v) is 2.30. The molecule has 68 valence electrons. The van der Waals surface area contributed by atoms with E-state index in [0.717, 1.165) is 6.07 Å². The van der Waals surface area contributed by atoms with Crippen LogP contribution in [0.5, 0.6) is 11.5 Å². The fourth-order valence-corrected chi connectivity index (χ4v) is 0.945. The van der Waals surface area contributed by atoms with Gasteiger partial charge in [-0.3, -0.25) is 0 Å². The summed E-state index contributed by atoms with van der Waals surface area (Å²) in [6.45, 7) is 0. The van der Waals surface area contributed by atoms with Crippen molar-refractivity contribution in [1.82, 2.24) is 0 Å². The van der Waals surface area contributed by atoms with Crippen LogP contribution in [0.2, 0.25) is 0 Å². The van der Waals surface area contributed by atoms with Gasteiger partial charge >= 0.3 is 0 Å². The van der Waals surface area contributed by atoms with Crippen molar-refractivity contribution in [1.29, 1.82) is 5.26 Å². The Morgan fingerprint density at radius 3 is 2.46 bits per heavy atom. The van der Waals surface area contributed by atoms with Crippen LogP contribution in [-0.4, -0.2) is 14.2 Å². The Kier molecular flexibility index (Phi) is 2.70. The molecule has 0 aliphatic carbocycles. The molecular formula is C9H8FNO2. The molecule has 0 saturated heterocycles. The van der Waals surface area contributed by atoms with Crippen molar-refractivity contribution in [2.75, 3.05) is 14.2 Å². The van der Waals surface area contributed by atoms with Gasteiger partial charge in [0, 0.05) is 12.1 Å². The summed E-state index contributed by atoms with van der Waals surface area (Å²) in [6.07, 6.45) is 0. The molecule has 0 atom stereocenters. The van der Waals surface area contributed by atoms with E-state index in [0.29, 0.717) is 5.75 Å². The number of nitriles is 1. The molecule has 0 fully saturated rings. The highest BCUT2D eigenvalue weighted by molar-refractivity contribution is 5.48. The Labute approximate surface area is 75.3 Å². The van der Waals surface area contributed by atoms with E-state index >= 15 is 0 Å². The summed E-state index contributed by atoms with van der Waals surface area (Å²) in [4.78, 5) is 0. The molecule has 4 heteroatoms. The number of benzene rings is 1. The minimum absolute atomic E-state index is 0.108. The summed E-state index contributed by atoms with van der Waals surface area (Å²) >= 11 is 0. The smallest absolute Gasteiger partial charge is 0.148 e. The highest BCUT2D eigenvalue weighted by Crippen LogP contribution is 2.26. The standard InChI is InChI=1S/C9H8FNO2/c1-12-6-3-8(10)7(5-11)9(4-6)13-2/h3-4H,1-2H3. The fraction of sp³-hybridized carbons (Fsp3) is 0.222. The van der Waals surface area contributed by atoms with Crippen LogP contribution in [-0.2, 0) is 0 Å². The van der Waals surface area contributed by atoms with Crippen molar-refractivity contribution in [2.24, 2.45) is 0 Å². The Morgan fingerprint density at radius 1 is 1.31 bits per heavy atom. The van der Waals surface area contributed by atoms with Gasteiger partial charge in [0.1, 0.15) is 28.9 Å². The van der Waals surface area contributed by atoms with Crippen LogP contribution in [0.3, 0.4) is 0 Å². The Bertz CT molecular complexity index is 357. The van der Waals surface area contributed by atoms with Crippen LogP contribution in [0.4, 0.5) is 4.39 Å². The number of hydrogen-bond acceptors (Lipinski definition) is 3. The molecule has 0 spiro atoms. The first-order valence-corrected chi connectivity index (χ1v) is 3.54. The highest BCUT2D eigenvalue weighted by Gasteiger charge is 2.10. The predicted octanol–water partition coefficient (Wildman–Crippen LogP) is 1.71. The number of halogens is 1. The topological polar surface area (TPSA) is 42.2 Å². The van der Waals surface area contributed by atoms with Crippen molar-refractivity contribution < 1.29 is 13.9 Å². The van der Waals surface area contributed by atoms with Crippen molar-refractivity contribution in [3.05, 3.63) is 23.5 Å². The maximum absolute atomic E-state index is 13.1. The molecule has 3 nitrogen and oxygen atoms in total. The highest BCUT2D eigenvalue weighted by atomic mass is 19.1. The quantitative estimate of drug-likeness (QED) is 0.697. The molecule has 0 unspecified atom stereocenters. The molecule has 1 rings (SSSR count). The first-order chi connectivity index (χ1) is 6.22. The lowest BCUT2D eigenvalue weighted by Crippen LogP contribution is -1.94. The molecule has 13 heavy (non-hydrogen) atoms. The van der Waals surface area contributed by atoms with Crippen LogP contribution in [0.15, 0.2) is 12.1 Å². The van der Waals surface area contributed by atoms with Crippen molar-refractivity contribution in [3.8, 4) is 17.6 Å². The monoisotopic (exact) mass is 181 g/mol. The lowest BCUT2D eigenvalue weighted by Gasteiger charge is -2.06. The Morgan fingerprint density at radius 2 is 2.00 bits per heavy atom. The molecule has 1 aromatic rings. The molecule has 0 N–H and O–H groups in total. The number of nitrogens with zero attached hydrogens (tertiary/aromatic N) is 1. The van der Waals surface area contributed by atoms with E-state index in [-0.39, 0.29) is 11.3 Å². The lowest BCUT2D eigenvalue weighted by atomic mass is 10.2. The third-order valence-electron chi connectivity index (χ3n) is 1.59. The third kappa shape index (κ3) is 1.70. The first kappa shape index (κ1) is 9.33. The summed E-state index contributed by atoms with van der Waals surface area (Å²) < 4.78 is 22.7. The van der Waals surface area contributed by atoms with E-state index in [1.807, 2.05) is 0 Å². The van der Waals surface area contributed by atoms with E-state index in [4.69, 9.17) is 14.7 Å². The fourth-order valence-electron chi connectivity index (χ4n) is 0.945. The Balaban J connectivity index is 3.31. The molecule has 0 heterocycles. The van der Waals surface area contributed by atoms with E-state index in [2.05, 4.69) is 0 Å². The van der Waals surface area contributed by atoms with Crippen molar-refractivity contribution in [2.45, 2.75) is 0 Å². The number of hydrogen-bond donors (Lipinski definition) is 0. The maximum Gasteiger partial charge on any atom is 0.148 e. The summed E-state index contributed by atoms with van der Waals surface area (Å²) in [5.74, 6) is -0.133. The molecule has 0 aliphatic heterocycles. The van der Waals surface area contributed by atoms with E-state index in [1.165, 1.54) is 20.3 Å². The summed E-state index contributed by atoms with van der Waals surface area (Å²) in [6, 6.07) is 4.31. The minimum Gasteiger partial charge on any atom is -0.497 e. The van der Waals surface area contributed by atoms with Crippen LogP contribution < -0.4 is 9.47 Å². The molecule has 0 radical (unpaired) electrons. The van der Waals surface area contributed by atoms with Crippen LogP contribution in [0.1, 0.15) is 5.56 Å². The van der Waals surface area contributed by atoms with Crippen LogP contribution >= 0.6 is 0 Å². The van der Waals surface area contributed by atoms with Gasteiger partial charge in [-0.15, -0.1) is 0 Å². The van der Waals surface area contributed by atoms with Crippen molar-refractivity contribution >= 4 is 0 Å². The number of methoxy groups -OCH3 is 2. The van der Waals surface area contributed by atoms with Gasteiger partial charge in [-0.2, -0.15) is 5.26 Å². The molecule has 0 amide bonds. The molecule has 0 bridgehead atoms. The summed E-state index contributed by atoms with van der Waals surface area (Å²) in [5, 5.41) is 8.58. The SMILES string of the molecule is COc1cc(F)c(C#N)c(OC)c1. The van der Waals surface area contributed by atoms with E-state index in [9.17, 15) is 4.39 Å². The van der Waals surface area contributed by atoms with Crippen LogP contribution in [0, 0.1) is 17.1 Å². The van der Waals surface area contributed by atoms with Gasteiger partial charge in [0.05, 0.1) is 14.2 Å². The summed E-state index contributed by atoms with van der Waals surface area (Å²) in [5.41, 5.74) is -0.108. The number of ether oxygens (including phenoxy) is 2. The molecular weight excluding hydrogens is 173 g/mol.